The van der Waals surface area contributed by atoms with Crippen molar-refractivity contribution in [3.63, 3.8) is 0 Å². The molecule has 1 aliphatic rings. The minimum atomic E-state index is -4.31. The molecule has 6 heteroatoms. The molecule has 0 radical (unpaired) electrons. The third-order valence-corrected chi connectivity index (χ3v) is 3.12. The summed E-state index contributed by atoms with van der Waals surface area (Å²) in [5.41, 5.74) is 5.01. The lowest BCUT2D eigenvalue weighted by Crippen LogP contribution is -2.24. The Bertz CT molecular complexity index is 499. The lowest BCUT2D eigenvalue weighted by Gasteiger charge is -2.18. The zero-order chi connectivity index (χ0) is 14.1. The van der Waals surface area contributed by atoms with Gasteiger partial charge in [0.1, 0.15) is 6.61 Å². The highest BCUT2D eigenvalue weighted by molar-refractivity contribution is 5.73. The lowest BCUT2D eigenvalue weighted by atomic mass is 9.94. The van der Waals surface area contributed by atoms with Gasteiger partial charge in [-0.2, -0.15) is 13.2 Å². The predicted octanol–water partition coefficient (Wildman–Crippen LogP) is 2.74. The topological polar surface area (TPSA) is 47.6 Å². The van der Waals surface area contributed by atoms with E-state index >= 15 is 0 Å². The van der Waals surface area contributed by atoms with Crippen molar-refractivity contribution in [2.75, 3.05) is 6.61 Å². The van der Waals surface area contributed by atoms with Gasteiger partial charge in [-0.3, -0.25) is 0 Å². The number of nitrogens with two attached hydrogens (primary N) is 1. The van der Waals surface area contributed by atoms with Crippen molar-refractivity contribution >= 4 is 6.02 Å². The van der Waals surface area contributed by atoms with Crippen molar-refractivity contribution in [3.8, 4) is 0 Å². The fourth-order valence-electron chi connectivity index (χ4n) is 2.00. The van der Waals surface area contributed by atoms with Gasteiger partial charge in [-0.15, -0.1) is 0 Å². The Labute approximate surface area is 109 Å². The summed E-state index contributed by atoms with van der Waals surface area (Å²) in [5.74, 6) is 0. The third-order valence-electron chi connectivity index (χ3n) is 3.12. The Morgan fingerprint density at radius 3 is 2.74 bits per heavy atom. The molecule has 0 saturated carbocycles. The standard InChI is InChI=1S/C13H15F3N2O/c1-12(8-19-11(17)18-12)6-5-9-3-2-4-10(7-9)13(14,15)16/h2-4,7H,5-6,8H2,1H3,(H2,17,18)/t12-/m0/s1. The quantitative estimate of drug-likeness (QED) is 0.919. The average molecular weight is 272 g/mol. The highest BCUT2D eigenvalue weighted by Gasteiger charge is 2.32. The Kier molecular flexibility index (Phi) is 3.43. The first kappa shape index (κ1) is 13.7. The first-order valence-corrected chi connectivity index (χ1v) is 5.93. The molecule has 1 aliphatic heterocycles. The van der Waals surface area contributed by atoms with E-state index in [9.17, 15) is 13.2 Å². The number of benzene rings is 1. The summed E-state index contributed by atoms with van der Waals surface area (Å²) in [5, 5.41) is 0. The molecular weight excluding hydrogens is 257 g/mol. The molecule has 19 heavy (non-hydrogen) atoms. The molecule has 0 spiro atoms. The monoisotopic (exact) mass is 272 g/mol. The Hall–Kier alpha value is -1.72. The van der Waals surface area contributed by atoms with Crippen LogP contribution in [0.3, 0.4) is 0 Å². The van der Waals surface area contributed by atoms with E-state index in [2.05, 4.69) is 4.99 Å². The molecule has 1 aromatic rings. The minimum absolute atomic E-state index is 0.145. The summed E-state index contributed by atoms with van der Waals surface area (Å²) in [7, 11) is 0. The van der Waals surface area contributed by atoms with Crippen LogP contribution in [0.1, 0.15) is 24.5 Å². The minimum Gasteiger partial charge on any atom is -0.463 e. The smallest absolute Gasteiger partial charge is 0.416 e. The molecule has 2 N–H and O–H groups in total. The van der Waals surface area contributed by atoms with Crippen molar-refractivity contribution in [1.29, 1.82) is 0 Å². The third kappa shape index (κ3) is 3.39. The molecule has 0 saturated heterocycles. The van der Waals surface area contributed by atoms with Crippen LogP contribution in [0.15, 0.2) is 29.3 Å². The van der Waals surface area contributed by atoms with Gasteiger partial charge in [0.15, 0.2) is 0 Å². The Morgan fingerprint density at radius 2 is 2.16 bits per heavy atom. The Balaban J connectivity index is 2.05. The Morgan fingerprint density at radius 1 is 1.42 bits per heavy atom. The molecule has 1 atom stereocenters. The lowest BCUT2D eigenvalue weighted by molar-refractivity contribution is -0.137. The van der Waals surface area contributed by atoms with Gasteiger partial charge >= 0.3 is 6.18 Å². The number of alkyl halides is 3. The molecule has 0 aromatic heterocycles. The number of nitrogens with zero attached hydrogens (tertiary/aromatic N) is 1. The molecule has 0 unspecified atom stereocenters. The summed E-state index contributed by atoms with van der Waals surface area (Å²) in [6.45, 7) is 2.25. The fraction of sp³-hybridized carbons (Fsp3) is 0.462. The molecule has 0 bridgehead atoms. The second-order valence-electron chi connectivity index (χ2n) is 4.93. The average Bonchev–Trinajstić information content (AvgIpc) is 2.67. The summed E-state index contributed by atoms with van der Waals surface area (Å²) < 4.78 is 42.8. The molecule has 1 aromatic carbocycles. The van der Waals surface area contributed by atoms with E-state index in [0.717, 1.165) is 6.07 Å². The maximum atomic E-state index is 12.6. The van der Waals surface area contributed by atoms with Gasteiger partial charge in [0.25, 0.3) is 6.02 Å². The number of ether oxygens (including phenoxy) is 1. The summed E-state index contributed by atoms with van der Waals surface area (Å²) in [6.07, 6.45) is -3.21. The molecule has 0 fully saturated rings. The number of rotatable bonds is 3. The van der Waals surface area contributed by atoms with Gasteiger partial charge in [0.2, 0.25) is 0 Å². The first-order chi connectivity index (χ1) is 8.78. The van der Waals surface area contributed by atoms with E-state index in [0.29, 0.717) is 25.0 Å². The molecule has 0 aliphatic carbocycles. The fourth-order valence-corrected chi connectivity index (χ4v) is 2.00. The highest BCUT2D eigenvalue weighted by Crippen LogP contribution is 2.30. The van der Waals surface area contributed by atoms with Gasteiger partial charge in [0.05, 0.1) is 11.1 Å². The van der Waals surface area contributed by atoms with Crippen LogP contribution in [0.25, 0.3) is 0 Å². The summed E-state index contributed by atoms with van der Waals surface area (Å²) >= 11 is 0. The van der Waals surface area contributed by atoms with E-state index < -0.39 is 17.3 Å². The van der Waals surface area contributed by atoms with Gasteiger partial charge in [0, 0.05) is 0 Å². The van der Waals surface area contributed by atoms with Crippen LogP contribution in [-0.4, -0.2) is 18.2 Å². The molecule has 104 valence electrons. The normalized spacial score (nSPS) is 23.1. The predicted molar refractivity (Wildman–Crippen MR) is 65.7 cm³/mol. The maximum absolute atomic E-state index is 12.6. The molecular formula is C13H15F3N2O. The SMILES string of the molecule is C[C@]1(CCc2cccc(C(F)(F)F)c2)COC(N)=N1. The second kappa shape index (κ2) is 4.75. The van der Waals surface area contributed by atoms with Crippen LogP contribution in [0.4, 0.5) is 13.2 Å². The van der Waals surface area contributed by atoms with E-state index in [-0.39, 0.29) is 6.02 Å². The van der Waals surface area contributed by atoms with Crippen molar-refractivity contribution in [2.24, 2.45) is 10.7 Å². The second-order valence-corrected chi connectivity index (χ2v) is 4.93. The van der Waals surface area contributed by atoms with Crippen molar-refractivity contribution < 1.29 is 17.9 Å². The van der Waals surface area contributed by atoms with Gasteiger partial charge < -0.3 is 10.5 Å². The van der Waals surface area contributed by atoms with Crippen molar-refractivity contribution in [1.82, 2.24) is 0 Å². The van der Waals surface area contributed by atoms with Crippen LogP contribution in [0, 0.1) is 0 Å². The van der Waals surface area contributed by atoms with Gasteiger partial charge in [-0.1, -0.05) is 18.2 Å². The number of hydrogen-bond donors (Lipinski definition) is 1. The van der Waals surface area contributed by atoms with E-state index in [4.69, 9.17) is 10.5 Å². The largest absolute Gasteiger partial charge is 0.463 e. The summed E-state index contributed by atoms with van der Waals surface area (Å²) in [6, 6.07) is 5.49. The number of amidine groups is 1. The van der Waals surface area contributed by atoms with Crippen LogP contribution in [0.5, 0.6) is 0 Å². The zero-order valence-electron chi connectivity index (χ0n) is 10.5. The molecule has 2 rings (SSSR count). The maximum Gasteiger partial charge on any atom is 0.416 e. The molecule has 3 nitrogen and oxygen atoms in total. The number of aryl methyl sites for hydroxylation is 1. The van der Waals surface area contributed by atoms with Gasteiger partial charge in [-0.25, -0.2) is 4.99 Å². The highest BCUT2D eigenvalue weighted by atomic mass is 19.4. The van der Waals surface area contributed by atoms with Crippen LogP contribution < -0.4 is 5.73 Å². The van der Waals surface area contributed by atoms with E-state index in [1.807, 2.05) is 6.92 Å². The van der Waals surface area contributed by atoms with Gasteiger partial charge in [-0.05, 0) is 31.4 Å². The van der Waals surface area contributed by atoms with E-state index in [1.165, 1.54) is 12.1 Å². The van der Waals surface area contributed by atoms with E-state index in [1.54, 1.807) is 6.07 Å². The summed E-state index contributed by atoms with van der Waals surface area (Å²) in [4.78, 5) is 4.16. The molecule has 1 heterocycles. The van der Waals surface area contributed by atoms with Crippen molar-refractivity contribution in [3.05, 3.63) is 35.4 Å². The first-order valence-electron chi connectivity index (χ1n) is 5.93. The van der Waals surface area contributed by atoms with Crippen LogP contribution in [0.2, 0.25) is 0 Å². The van der Waals surface area contributed by atoms with Crippen molar-refractivity contribution in [2.45, 2.75) is 31.5 Å². The van der Waals surface area contributed by atoms with Crippen LogP contribution >= 0.6 is 0 Å². The number of halogens is 3. The zero-order valence-corrected chi connectivity index (χ0v) is 10.5. The van der Waals surface area contributed by atoms with Crippen LogP contribution in [-0.2, 0) is 17.3 Å². The number of aliphatic imine (C=N–C) groups is 1. The number of hydrogen-bond acceptors (Lipinski definition) is 3. The molecule has 0 amide bonds.